The number of methoxy groups -OCH3 is 2. The SMILES string of the molecule is CCCCCc1cc(OC)c([C@@H]2C=C(OP(=O)(O)O)CC[C@H]2C(C)(C)O[Si](CC)(CC)CC)c(OC)c1. The average Bonchev–Trinajstić information content (AvgIpc) is 2.85. The Morgan fingerprint density at radius 3 is 2.03 bits per heavy atom. The van der Waals surface area contributed by atoms with Crippen molar-refractivity contribution in [1.82, 2.24) is 0 Å². The van der Waals surface area contributed by atoms with Crippen LogP contribution in [-0.4, -0.2) is 37.9 Å². The van der Waals surface area contributed by atoms with E-state index in [9.17, 15) is 14.4 Å². The summed E-state index contributed by atoms with van der Waals surface area (Å²) in [6.45, 7) is 13.2. The minimum Gasteiger partial charge on any atom is -0.496 e. The zero-order valence-electron chi connectivity index (χ0n) is 24.1. The van der Waals surface area contributed by atoms with E-state index in [2.05, 4.69) is 53.7 Å². The molecule has 0 aromatic heterocycles. The lowest BCUT2D eigenvalue weighted by Crippen LogP contribution is -2.49. The van der Waals surface area contributed by atoms with Crippen LogP contribution >= 0.6 is 7.82 Å². The van der Waals surface area contributed by atoms with Crippen molar-refractivity contribution in [2.24, 2.45) is 5.92 Å². The minimum absolute atomic E-state index is 0.0295. The first kappa shape index (κ1) is 31.9. The van der Waals surface area contributed by atoms with E-state index in [0.717, 1.165) is 66.4 Å². The van der Waals surface area contributed by atoms with Crippen molar-refractivity contribution >= 4 is 16.1 Å². The number of allylic oxidation sites excluding steroid dienone is 2. The van der Waals surface area contributed by atoms with Crippen molar-refractivity contribution in [3.8, 4) is 11.5 Å². The standard InChI is InChI=1S/C28H49O7PSi/c1-9-13-14-15-21-18-25(32-7)27(26(19-21)33-8)23-20-22(34-36(29,30)31)16-17-24(23)28(5,6)35-37(10-2,11-3)12-4/h18-20,23-24H,9-17H2,1-8H3,(H2,29,30,31)/t23-,24-/m1/s1. The van der Waals surface area contributed by atoms with E-state index in [1.165, 1.54) is 0 Å². The topological polar surface area (TPSA) is 94.5 Å². The second-order valence-electron chi connectivity index (χ2n) is 10.7. The van der Waals surface area contributed by atoms with Crippen molar-refractivity contribution in [3.05, 3.63) is 35.1 Å². The van der Waals surface area contributed by atoms with Gasteiger partial charge in [0, 0.05) is 17.9 Å². The third-order valence-corrected chi connectivity index (χ3v) is 13.3. The van der Waals surface area contributed by atoms with E-state index in [0.29, 0.717) is 18.6 Å². The van der Waals surface area contributed by atoms with Crippen molar-refractivity contribution in [2.45, 2.75) is 110 Å². The summed E-state index contributed by atoms with van der Waals surface area (Å²) in [6, 6.07) is 7.29. The van der Waals surface area contributed by atoms with Crippen molar-refractivity contribution in [2.75, 3.05) is 14.2 Å². The lowest BCUT2D eigenvalue weighted by atomic mass is 9.70. The van der Waals surface area contributed by atoms with E-state index in [1.54, 1.807) is 14.2 Å². The van der Waals surface area contributed by atoms with Crippen LogP contribution in [0.25, 0.3) is 0 Å². The maximum atomic E-state index is 11.7. The van der Waals surface area contributed by atoms with Crippen LogP contribution in [0.4, 0.5) is 0 Å². The molecule has 9 heteroatoms. The minimum atomic E-state index is -4.68. The van der Waals surface area contributed by atoms with Crippen molar-refractivity contribution < 1.29 is 32.8 Å². The second kappa shape index (κ2) is 13.7. The van der Waals surface area contributed by atoms with Gasteiger partial charge < -0.3 is 18.4 Å². The second-order valence-corrected chi connectivity index (χ2v) is 16.6. The van der Waals surface area contributed by atoms with E-state index >= 15 is 0 Å². The monoisotopic (exact) mass is 556 g/mol. The Morgan fingerprint density at radius 2 is 1.57 bits per heavy atom. The molecule has 1 aromatic rings. The lowest BCUT2D eigenvalue weighted by molar-refractivity contribution is 0.0157. The molecular formula is C28H49O7PSi. The van der Waals surface area contributed by atoms with Gasteiger partial charge in [-0.25, -0.2) is 4.57 Å². The summed E-state index contributed by atoms with van der Waals surface area (Å²) in [7, 11) is -3.29. The molecule has 37 heavy (non-hydrogen) atoms. The van der Waals surface area contributed by atoms with Gasteiger partial charge in [-0.2, -0.15) is 0 Å². The number of unbranched alkanes of at least 4 members (excludes halogenated alkanes) is 2. The average molecular weight is 557 g/mol. The van der Waals surface area contributed by atoms with Gasteiger partial charge in [0.15, 0.2) is 8.32 Å². The first-order chi connectivity index (χ1) is 17.4. The molecule has 1 aliphatic carbocycles. The molecule has 0 saturated carbocycles. The molecule has 0 fully saturated rings. The Kier molecular flexibility index (Phi) is 11.8. The zero-order chi connectivity index (χ0) is 27.9. The molecule has 0 heterocycles. The van der Waals surface area contributed by atoms with Crippen LogP contribution in [0.5, 0.6) is 11.5 Å². The summed E-state index contributed by atoms with van der Waals surface area (Å²) < 4.78 is 35.7. The molecule has 7 nitrogen and oxygen atoms in total. The number of ether oxygens (including phenoxy) is 2. The normalized spacial score (nSPS) is 18.9. The Balaban J connectivity index is 2.65. The third kappa shape index (κ3) is 8.33. The molecule has 1 aliphatic rings. The predicted octanol–water partition coefficient (Wildman–Crippen LogP) is 7.72. The van der Waals surface area contributed by atoms with E-state index in [1.807, 2.05) is 6.08 Å². The fourth-order valence-electron chi connectivity index (χ4n) is 5.82. The number of rotatable bonds is 15. The largest absolute Gasteiger partial charge is 0.524 e. The number of hydrogen-bond donors (Lipinski definition) is 2. The number of phosphoric acid groups is 1. The highest BCUT2D eigenvalue weighted by Gasteiger charge is 2.45. The first-order valence-electron chi connectivity index (χ1n) is 13.8. The Morgan fingerprint density at radius 1 is 1.00 bits per heavy atom. The molecule has 0 aliphatic heterocycles. The van der Waals surface area contributed by atoms with E-state index in [4.69, 9.17) is 18.4 Å². The van der Waals surface area contributed by atoms with Crippen LogP contribution in [-0.2, 0) is 19.9 Å². The van der Waals surface area contributed by atoms with Gasteiger partial charge in [-0.1, -0.05) is 40.5 Å². The van der Waals surface area contributed by atoms with Gasteiger partial charge in [-0.15, -0.1) is 0 Å². The van der Waals surface area contributed by atoms with Crippen LogP contribution in [0.2, 0.25) is 18.1 Å². The molecule has 1 aromatic carbocycles. The summed E-state index contributed by atoms with van der Waals surface area (Å²) in [6.07, 6.45) is 7.27. The molecule has 0 radical (unpaired) electrons. The van der Waals surface area contributed by atoms with Crippen LogP contribution in [0, 0.1) is 5.92 Å². The number of benzene rings is 1. The molecule has 0 spiro atoms. The van der Waals surface area contributed by atoms with Gasteiger partial charge in [0.05, 0.1) is 19.8 Å². The van der Waals surface area contributed by atoms with Crippen molar-refractivity contribution in [3.63, 3.8) is 0 Å². The highest BCUT2D eigenvalue weighted by molar-refractivity contribution is 7.46. The van der Waals surface area contributed by atoms with Crippen LogP contribution in [0.1, 0.15) is 90.7 Å². The van der Waals surface area contributed by atoms with Gasteiger partial charge >= 0.3 is 7.82 Å². The molecule has 0 bridgehead atoms. The summed E-state index contributed by atoms with van der Waals surface area (Å²) in [5.74, 6) is 1.50. The smallest absolute Gasteiger partial charge is 0.496 e. The molecule has 2 rings (SSSR count). The maximum Gasteiger partial charge on any atom is 0.524 e. The number of phosphoric ester groups is 1. The molecule has 212 valence electrons. The van der Waals surface area contributed by atoms with Gasteiger partial charge in [-0.05, 0) is 80.9 Å². The number of aryl methyl sites for hydroxylation is 1. The highest BCUT2D eigenvalue weighted by Crippen LogP contribution is 2.52. The highest BCUT2D eigenvalue weighted by atomic mass is 31.2. The molecule has 0 saturated heterocycles. The van der Waals surface area contributed by atoms with E-state index < -0.39 is 21.7 Å². The lowest BCUT2D eigenvalue weighted by Gasteiger charge is -2.47. The summed E-state index contributed by atoms with van der Waals surface area (Å²) in [4.78, 5) is 19.0. The van der Waals surface area contributed by atoms with Crippen LogP contribution in [0.3, 0.4) is 0 Å². The molecule has 2 atom stereocenters. The summed E-state index contributed by atoms with van der Waals surface area (Å²) >= 11 is 0. The van der Waals surface area contributed by atoms with Crippen molar-refractivity contribution in [1.29, 1.82) is 0 Å². The maximum absolute atomic E-state index is 11.7. The van der Waals surface area contributed by atoms with Gasteiger partial charge in [0.2, 0.25) is 0 Å². The van der Waals surface area contributed by atoms with Crippen LogP contribution in [0.15, 0.2) is 24.0 Å². The summed E-state index contributed by atoms with van der Waals surface area (Å²) in [5.41, 5.74) is 1.55. The Hall–Kier alpha value is -1.31. The quantitative estimate of drug-likeness (QED) is 0.130. The van der Waals surface area contributed by atoms with Gasteiger partial charge in [-0.3, -0.25) is 9.79 Å². The Bertz CT molecular complexity index is 919. The van der Waals surface area contributed by atoms with Gasteiger partial charge in [0.25, 0.3) is 0 Å². The molecule has 2 N–H and O–H groups in total. The summed E-state index contributed by atoms with van der Waals surface area (Å²) in [5, 5.41) is 0. The Labute approximate surface area is 225 Å². The molecular weight excluding hydrogens is 507 g/mol. The predicted molar refractivity (Wildman–Crippen MR) is 152 cm³/mol. The fraction of sp³-hybridized carbons (Fsp3) is 0.714. The number of hydrogen-bond acceptors (Lipinski definition) is 5. The van der Waals surface area contributed by atoms with E-state index in [-0.39, 0.29) is 11.8 Å². The first-order valence-corrected chi connectivity index (χ1v) is 17.9. The molecule has 0 amide bonds. The van der Waals surface area contributed by atoms with Crippen LogP contribution < -0.4 is 9.47 Å². The third-order valence-electron chi connectivity index (χ3n) is 8.05. The zero-order valence-corrected chi connectivity index (χ0v) is 26.0. The molecule has 0 unspecified atom stereocenters. The van der Waals surface area contributed by atoms with Gasteiger partial charge in [0.1, 0.15) is 17.3 Å². The fourth-order valence-corrected chi connectivity index (χ4v) is 9.47.